The number of hydrogen-bond donors (Lipinski definition) is 0. The summed E-state index contributed by atoms with van der Waals surface area (Å²) in [5.41, 5.74) is 3.98. The highest BCUT2D eigenvalue weighted by atomic mass is 16.1. The second-order valence-electron chi connectivity index (χ2n) is 5.83. The maximum Gasteiger partial charge on any atom is 0.150 e. The van der Waals surface area contributed by atoms with Crippen LogP contribution in [0.5, 0.6) is 0 Å². The van der Waals surface area contributed by atoms with E-state index in [1.807, 2.05) is 59.6 Å². The van der Waals surface area contributed by atoms with Gasteiger partial charge >= 0.3 is 0 Å². The minimum Gasteiger partial charge on any atom is -0.298 e. The Kier molecular flexibility index (Phi) is 5.73. The summed E-state index contributed by atoms with van der Waals surface area (Å²) in [5.74, 6) is 0. The fraction of sp³-hybridized carbons (Fsp3) is 0.0909. The summed E-state index contributed by atoms with van der Waals surface area (Å²) in [4.78, 5) is 10.9. The molecule has 0 atom stereocenters. The van der Waals surface area contributed by atoms with Crippen molar-refractivity contribution in [2.45, 2.75) is 13.1 Å². The highest BCUT2D eigenvalue weighted by molar-refractivity contribution is 5.84. The second-order valence-corrected chi connectivity index (χ2v) is 5.83. The van der Waals surface area contributed by atoms with Gasteiger partial charge in [-0.05, 0) is 22.8 Å². The molecule has 25 heavy (non-hydrogen) atoms. The van der Waals surface area contributed by atoms with Gasteiger partial charge in [0.05, 0.1) is 19.3 Å². The van der Waals surface area contributed by atoms with E-state index in [0.717, 1.165) is 24.9 Å². The van der Waals surface area contributed by atoms with Gasteiger partial charge in [0, 0.05) is 5.56 Å². The first-order valence-electron chi connectivity index (χ1n) is 8.25. The fourth-order valence-electron chi connectivity index (χ4n) is 2.59. The zero-order valence-electron chi connectivity index (χ0n) is 14.0. The lowest BCUT2D eigenvalue weighted by atomic mass is 10.1. The topological polar surface area (TPSA) is 32.7 Å². The highest BCUT2D eigenvalue weighted by Gasteiger charge is 2.04. The molecule has 3 nitrogen and oxygen atoms in total. The molecule has 0 fully saturated rings. The van der Waals surface area contributed by atoms with Crippen molar-refractivity contribution in [3.05, 3.63) is 107 Å². The molecule has 3 aromatic carbocycles. The van der Waals surface area contributed by atoms with Crippen molar-refractivity contribution in [2.24, 2.45) is 5.10 Å². The Hall–Kier alpha value is -3.20. The van der Waals surface area contributed by atoms with Gasteiger partial charge in [0.1, 0.15) is 6.29 Å². The fourth-order valence-corrected chi connectivity index (χ4v) is 2.59. The number of carbonyl (C=O) groups excluding carboxylic acids is 1. The van der Waals surface area contributed by atoms with Crippen molar-refractivity contribution in [1.29, 1.82) is 0 Å². The van der Waals surface area contributed by atoms with Crippen molar-refractivity contribution >= 4 is 12.5 Å². The molecule has 0 heterocycles. The van der Waals surface area contributed by atoms with E-state index < -0.39 is 0 Å². The molecule has 3 rings (SSSR count). The third kappa shape index (κ3) is 5.15. The lowest BCUT2D eigenvalue weighted by molar-refractivity contribution is 0.112. The summed E-state index contributed by atoms with van der Waals surface area (Å²) in [6.45, 7) is 1.44. The molecule has 0 radical (unpaired) electrons. The predicted octanol–water partition coefficient (Wildman–Crippen LogP) is 4.54. The van der Waals surface area contributed by atoms with E-state index in [-0.39, 0.29) is 0 Å². The van der Waals surface area contributed by atoms with Crippen LogP contribution in [0.25, 0.3) is 0 Å². The van der Waals surface area contributed by atoms with E-state index in [1.54, 1.807) is 12.3 Å². The third-order valence-electron chi connectivity index (χ3n) is 3.83. The van der Waals surface area contributed by atoms with Crippen molar-refractivity contribution in [1.82, 2.24) is 5.01 Å². The van der Waals surface area contributed by atoms with Crippen LogP contribution in [0.3, 0.4) is 0 Å². The van der Waals surface area contributed by atoms with Crippen LogP contribution in [0.1, 0.15) is 27.0 Å². The van der Waals surface area contributed by atoms with Crippen LogP contribution < -0.4 is 0 Å². The Labute approximate surface area is 148 Å². The lowest BCUT2D eigenvalue weighted by Crippen LogP contribution is -2.17. The van der Waals surface area contributed by atoms with Crippen molar-refractivity contribution in [2.75, 3.05) is 0 Å². The van der Waals surface area contributed by atoms with Gasteiger partial charge in [0.2, 0.25) is 0 Å². The second kappa shape index (κ2) is 8.60. The summed E-state index contributed by atoms with van der Waals surface area (Å²) >= 11 is 0. The standard InChI is InChI=1S/C22H20N2O/c25-18-22-13-7-12-21(14-22)15-23-24(16-19-8-3-1-4-9-19)17-20-10-5-2-6-11-20/h1-15,18H,16-17H2/b23-15+. The zero-order valence-corrected chi connectivity index (χ0v) is 14.0. The highest BCUT2D eigenvalue weighted by Crippen LogP contribution is 2.11. The van der Waals surface area contributed by atoms with Crippen molar-refractivity contribution in [3.63, 3.8) is 0 Å². The number of hydrogen-bond acceptors (Lipinski definition) is 3. The van der Waals surface area contributed by atoms with E-state index in [9.17, 15) is 4.79 Å². The first-order valence-corrected chi connectivity index (χ1v) is 8.25. The summed E-state index contributed by atoms with van der Waals surface area (Å²) in [7, 11) is 0. The van der Waals surface area contributed by atoms with Gasteiger partial charge in [0.25, 0.3) is 0 Å². The van der Waals surface area contributed by atoms with Crippen LogP contribution in [0, 0.1) is 0 Å². The molecule has 0 bridgehead atoms. The Morgan fingerprint density at radius 3 is 1.84 bits per heavy atom. The average molecular weight is 328 g/mol. The number of carbonyl (C=O) groups is 1. The summed E-state index contributed by atoms with van der Waals surface area (Å²) in [6.07, 6.45) is 2.65. The van der Waals surface area contributed by atoms with E-state index >= 15 is 0 Å². The molecule has 0 aromatic heterocycles. The molecule has 124 valence electrons. The Balaban J connectivity index is 1.79. The quantitative estimate of drug-likeness (QED) is 0.362. The van der Waals surface area contributed by atoms with Gasteiger partial charge in [-0.3, -0.25) is 9.80 Å². The van der Waals surface area contributed by atoms with Gasteiger partial charge < -0.3 is 0 Å². The van der Waals surface area contributed by atoms with Crippen molar-refractivity contribution in [3.8, 4) is 0 Å². The SMILES string of the molecule is O=Cc1cccc(/C=N/N(Cc2ccccc2)Cc2ccccc2)c1. The number of nitrogens with zero attached hydrogens (tertiary/aromatic N) is 2. The van der Waals surface area contributed by atoms with Gasteiger partial charge in [0.15, 0.2) is 0 Å². The lowest BCUT2D eigenvalue weighted by Gasteiger charge is -2.19. The molecule has 3 aromatic rings. The van der Waals surface area contributed by atoms with Crippen LogP contribution in [-0.4, -0.2) is 17.5 Å². The molecule has 0 saturated carbocycles. The van der Waals surface area contributed by atoms with Crippen LogP contribution in [0.2, 0.25) is 0 Å². The van der Waals surface area contributed by atoms with E-state index in [4.69, 9.17) is 0 Å². The number of rotatable bonds is 7. The molecule has 0 aliphatic rings. The first kappa shape index (κ1) is 16.7. The van der Waals surface area contributed by atoms with E-state index in [1.165, 1.54) is 11.1 Å². The first-order chi connectivity index (χ1) is 12.3. The predicted molar refractivity (Wildman–Crippen MR) is 102 cm³/mol. The third-order valence-corrected chi connectivity index (χ3v) is 3.83. The largest absolute Gasteiger partial charge is 0.298 e. The molecule has 0 amide bonds. The molecule has 0 unspecified atom stereocenters. The van der Waals surface area contributed by atoms with Gasteiger partial charge in [-0.2, -0.15) is 5.10 Å². The molecule has 3 heteroatoms. The van der Waals surface area contributed by atoms with Gasteiger partial charge in [-0.15, -0.1) is 0 Å². The summed E-state index contributed by atoms with van der Waals surface area (Å²) in [5, 5.41) is 6.68. The number of benzene rings is 3. The molecule has 0 N–H and O–H groups in total. The molecule has 0 aliphatic heterocycles. The van der Waals surface area contributed by atoms with Gasteiger partial charge in [-0.1, -0.05) is 78.9 Å². The molecular weight excluding hydrogens is 308 g/mol. The summed E-state index contributed by atoms with van der Waals surface area (Å²) in [6, 6.07) is 28.0. The van der Waals surface area contributed by atoms with Crippen LogP contribution in [0.4, 0.5) is 0 Å². The van der Waals surface area contributed by atoms with Crippen LogP contribution in [-0.2, 0) is 13.1 Å². The average Bonchev–Trinajstić information content (AvgIpc) is 2.68. The molecule has 0 spiro atoms. The smallest absolute Gasteiger partial charge is 0.150 e. The van der Waals surface area contributed by atoms with E-state index in [2.05, 4.69) is 29.4 Å². The maximum atomic E-state index is 10.9. The van der Waals surface area contributed by atoms with Crippen LogP contribution >= 0.6 is 0 Å². The monoisotopic (exact) mass is 328 g/mol. The Bertz CT molecular complexity index is 787. The van der Waals surface area contributed by atoms with Gasteiger partial charge in [-0.25, -0.2) is 0 Å². The van der Waals surface area contributed by atoms with E-state index in [0.29, 0.717) is 5.56 Å². The van der Waals surface area contributed by atoms with Crippen molar-refractivity contribution < 1.29 is 4.79 Å². The molecule has 0 saturated heterocycles. The zero-order chi connectivity index (χ0) is 17.3. The normalized spacial score (nSPS) is 10.7. The number of hydrazone groups is 1. The molecule has 0 aliphatic carbocycles. The molecular formula is C22H20N2O. The maximum absolute atomic E-state index is 10.9. The minimum absolute atomic E-state index is 0.654. The number of aldehydes is 1. The minimum atomic E-state index is 0.654. The summed E-state index contributed by atoms with van der Waals surface area (Å²) < 4.78 is 0. The van der Waals surface area contributed by atoms with Crippen LogP contribution in [0.15, 0.2) is 90.0 Å². The Morgan fingerprint density at radius 1 is 0.720 bits per heavy atom. The Morgan fingerprint density at radius 2 is 1.28 bits per heavy atom.